The molecule has 0 aliphatic heterocycles. The summed E-state index contributed by atoms with van der Waals surface area (Å²) in [5.74, 6) is -0.510. The number of rotatable bonds is 8. The number of nitro groups is 2. The van der Waals surface area contributed by atoms with Crippen molar-refractivity contribution in [2.75, 3.05) is 5.32 Å². The van der Waals surface area contributed by atoms with E-state index >= 15 is 0 Å². The fourth-order valence-corrected chi connectivity index (χ4v) is 2.54. The van der Waals surface area contributed by atoms with Crippen molar-refractivity contribution < 1.29 is 19.4 Å². The van der Waals surface area contributed by atoms with Crippen LogP contribution in [-0.2, 0) is 16.1 Å². The molecule has 0 saturated carbocycles. The van der Waals surface area contributed by atoms with Crippen molar-refractivity contribution in [1.29, 1.82) is 0 Å². The van der Waals surface area contributed by atoms with Crippen LogP contribution in [0.15, 0.2) is 6.07 Å². The van der Waals surface area contributed by atoms with Gasteiger partial charge in [0, 0.05) is 12.1 Å². The lowest BCUT2D eigenvalue weighted by molar-refractivity contribution is -0.393. The number of carbonyl (C=O) groups excluding carboxylic acids is 1. The molecule has 1 rings (SSSR count). The van der Waals surface area contributed by atoms with E-state index in [0.717, 1.165) is 0 Å². The van der Waals surface area contributed by atoms with Crippen molar-refractivity contribution in [3.8, 4) is 0 Å². The zero-order valence-electron chi connectivity index (χ0n) is 16.6. The lowest BCUT2D eigenvalue weighted by Crippen LogP contribution is -2.23. The van der Waals surface area contributed by atoms with Gasteiger partial charge in [-0.1, -0.05) is 13.8 Å². The number of hydrogen-bond donors (Lipinski definition) is 1. The van der Waals surface area contributed by atoms with E-state index in [2.05, 4.69) is 5.32 Å². The molecule has 0 aliphatic carbocycles. The van der Waals surface area contributed by atoms with Crippen molar-refractivity contribution in [3.63, 3.8) is 0 Å². The molecule has 27 heavy (non-hydrogen) atoms. The summed E-state index contributed by atoms with van der Waals surface area (Å²) < 4.78 is 5.24. The van der Waals surface area contributed by atoms with Crippen LogP contribution < -0.4 is 5.32 Å². The molecule has 0 atom stereocenters. The average Bonchev–Trinajstić information content (AvgIpc) is 2.56. The highest BCUT2D eigenvalue weighted by Gasteiger charge is 2.33. The van der Waals surface area contributed by atoms with Gasteiger partial charge in [-0.25, -0.2) is 0 Å². The normalized spacial score (nSPS) is 11.4. The fourth-order valence-electron chi connectivity index (χ4n) is 2.54. The lowest BCUT2D eigenvalue weighted by atomic mass is 9.97. The number of nitrogens with one attached hydrogen (secondary N) is 1. The van der Waals surface area contributed by atoms with Gasteiger partial charge in [0.2, 0.25) is 0 Å². The predicted octanol–water partition coefficient (Wildman–Crippen LogP) is 4.50. The van der Waals surface area contributed by atoms with E-state index in [1.54, 1.807) is 20.8 Å². The number of benzene rings is 1. The van der Waals surface area contributed by atoms with Crippen LogP contribution in [0.5, 0.6) is 0 Å². The molecule has 9 heteroatoms. The summed E-state index contributed by atoms with van der Waals surface area (Å²) in [5.41, 5.74) is -1.22. The Morgan fingerprint density at radius 3 is 2.15 bits per heavy atom. The van der Waals surface area contributed by atoms with E-state index in [1.165, 1.54) is 13.0 Å². The minimum Gasteiger partial charge on any atom is -0.460 e. The van der Waals surface area contributed by atoms with E-state index in [4.69, 9.17) is 4.74 Å². The molecule has 0 aliphatic rings. The summed E-state index contributed by atoms with van der Waals surface area (Å²) in [6.07, 6.45) is 1.29. The van der Waals surface area contributed by atoms with Gasteiger partial charge in [-0.3, -0.25) is 25.0 Å². The first-order chi connectivity index (χ1) is 12.4. The van der Waals surface area contributed by atoms with Gasteiger partial charge in [-0.15, -0.1) is 0 Å². The topological polar surface area (TPSA) is 125 Å². The van der Waals surface area contributed by atoms with Crippen LogP contribution >= 0.6 is 0 Å². The molecule has 0 radical (unpaired) electrons. The fraction of sp³-hybridized carbons (Fsp3) is 0.611. The second kappa shape index (κ2) is 8.79. The summed E-state index contributed by atoms with van der Waals surface area (Å²) >= 11 is 0. The average molecular weight is 381 g/mol. The summed E-state index contributed by atoms with van der Waals surface area (Å²) in [6, 6.07) is 1.12. The Kier molecular flexibility index (Phi) is 7.27. The standard InChI is InChI=1S/C18H27N3O6/c1-7-12(8-2)19-15-14(20(23)24)9-11(3)13(16(15)21(25)26)10-27-17(22)18(4,5)6/h9,12,19H,7-8,10H2,1-6H3. The number of anilines is 1. The first-order valence-electron chi connectivity index (χ1n) is 8.82. The third kappa shape index (κ3) is 5.38. The molecule has 0 aromatic heterocycles. The highest BCUT2D eigenvalue weighted by molar-refractivity contribution is 5.79. The molecular weight excluding hydrogens is 354 g/mol. The van der Waals surface area contributed by atoms with Crippen molar-refractivity contribution in [2.24, 2.45) is 5.41 Å². The molecule has 1 aromatic rings. The summed E-state index contributed by atoms with van der Waals surface area (Å²) in [4.78, 5) is 34.0. The smallest absolute Gasteiger partial charge is 0.311 e. The van der Waals surface area contributed by atoms with Crippen molar-refractivity contribution in [3.05, 3.63) is 37.4 Å². The highest BCUT2D eigenvalue weighted by atomic mass is 16.6. The molecule has 150 valence electrons. The number of carbonyl (C=O) groups is 1. The number of nitrogens with zero attached hydrogens (tertiary/aromatic N) is 2. The Balaban J connectivity index is 3.52. The minimum absolute atomic E-state index is 0.147. The number of nitro benzene ring substituents is 2. The van der Waals surface area contributed by atoms with E-state index in [0.29, 0.717) is 18.4 Å². The Hall–Kier alpha value is -2.71. The van der Waals surface area contributed by atoms with Gasteiger partial charge >= 0.3 is 11.7 Å². The molecule has 0 fully saturated rings. The van der Waals surface area contributed by atoms with E-state index < -0.39 is 26.9 Å². The van der Waals surface area contributed by atoms with Crippen molar-refractivity contribution in [2.45, 2.75) is 67.0 Å². The zero-order valence-corrected chi connectivity index (χ0v) is 16.6. The van der Waals surface area contributed by atoms with Crippen molar-refractivity contribution in [1.82, 2.24) is 0 Å². The molecule has 9 nitrogen and oxygen atoms in total. The first kappa shape index (κ1) is 22.3. The maximum absolute atomic E-state index is 12.0. The maximum Gasteiger partial charge on any atom is 0.311 e. The van der Waals surface area contributed by atoms with Gasteiger partial charge in [0.1, 0.15) is 6.61 Å². The third-order valence-corrected chi connectivity index (χ3v) is 4.28. The predicted molar refractivity (Wildman–Crippen MR) is 102 cm³/mol. The lowest BCUT2D eigenvalue weighted by Gasteiger charge is -2.20. The molecule has 1 N–H and O–H groups in total. The van der Waals surface area contributed by atoms with Crippen molar-refractivity contribution >= 4 is 23.0 Å². The Bertz CT molecular complexity index is 736. The zero-order chi connectivity index (χ0) is 20.9. The van der Waals surface area contributed by atoms with Crippen LogP contribution in [0.1, 0.15) is 58.6 Å². The number of ether oxygens (including phenoxy) is 1. The molecule has 0 amide bonds. The number of esters is 1. The first-order valence-corrected chi connectivity index (χ1v) is 8.82. The third-order valence-electron chi connectivity index (χ3n) is 4.28. The summed E-state index contributed by atoms with van der Waals surface area (Å²) in [6.45, 7) is 10.00. The van der Waals surface area contributed by atoms with Crippen LogP contribution in [0.25, 0.3) is 0 Å². The Morgan fingerprint density at radius 1 is 1.19 bits per heavy atom. The van der Waals surface area contributed by atoms with Gasteiger partial charge in [-0.2, -0.15) is 0 Å². The Morgan fingerprint density at radius 2 is 1.74 bits per heavy atom. The number of aryl methyl sites for hydroxylation is 1. The van der Waals surface area contributed by atoms with Gasteiger partial charge in [-0.05, 0) is 46.1 Å². The molecule has 0 unspecified atom stereocenters. The van der Waals surface area contributed by atoms with E-state index in [-0.39, 0.29) is 29.6 Å². The SMILES string of the molecule is CCC(CC)Nc1c([N+](=O)[O-])cc(C)c(COC(=O)C(C)(C)C)c1[N+](=O)[O-]. The number of hydrogen-bond acceptors (Lipinski definition) is 7. The van der Waals surface area contributed by atoms with Crippen LogP contribution in [0.4, 0.5) is 17.1 Å². The Labute approximate surface area is 158 Å². The second-order valence-electron chi connectivity index (χ2n) is 7.41. The molecule has 0 bridgehead atoms. The maximum atomic E-state index is 12.0. The summed E-state index contributed by atoms with van der Waals surface area (Å²) in [5, 5.41) is 26.2. The molecule has 1 aromatic carbocycles. The van der Waals surface area contributed by atoms with Gasteiger partial charge in [0.25, 0.3) is 5.69 Å². The molecule has 0 spiro atoms. The highest BCUT2D eigenvalue weighted by Crippen LogP contribution is 2.40. The largest absolute Gasteiger partial charge is 0.460 e. The molecule has 0 saturated heterocycles. The van der Waals surface area contributed by atoms with Crippen LogP contribution in [0, 0.1) is 32.6 Å². The quantitative estimate of drug-likeness (QED) is 0.399. The van der Waals surface area contributed by atoms with Gasteiger partial charge < -0.3 is 10.1 Å². The van der Waals surface area contributed by atoms with Crippen LogP contribution in [0.3, 0.4) is 0 Å². The van der Waals surface area contributed by atoms with Gasteiger partial charge in [0.05, 0.1) is 20.8 Å². The van der Waals surface area contributed by atoms with E-state index in [9.17, 15) is 25.0 Å². The van der Waals surface area contributed by atoms with Crippen LogP contribution in [0.2, 0.25) is 0 Å². The van der Waals surface area contributed by atoms with E-state index in [1.807, 2.05) is 13.8 Å². The molecular formula is C18H27N3O6. The van der Waals surface area contributed by atoms with Crippen LogP contribution in [-0.4, -0.2) is 21.9 Å². The summed E-state index contributed by atoms with van der Waals surface area (Å²) in [7, 11) is 0. The van der Waals surface area contributed by atoms with Gasteiger partial charge in [0.15, 0.2) is 5.69 Å². The monoisotopic (exact) mass is 381 g/mol. The minimum atomic E-state index is -0.764. The second-order valence-corrected chi connectivity index (χ2v) is 7.41. The molecule has 0 heterocycles.